The Morgan fingerprint density at radius 2 is 2.19 bits per heavy atom. The fraction of sp³-hybridized carbons (Fsp3) is 0.538. The summed E-state index contributed by atoms with van der Waals surface area (Å²) >= 11 is 0. The normalized spacial score (nSPS) is 22.1. The van der Waals surface area contributed by atoms with E-state index in [1.807, 2.05) is 0 Å². The summed E-state index contributed by atoms with van der Waals surface area (Å²) in [6.45, 7) is 0.889. The highest BCUT2D eigenvalue weighted by Gasteiger charge is 2.27. The van der Waals surface area contributed by atoms with Gasteiger partial charge in [-0.15, -0.1) is 0 Å². The number of nitrogens with two attached hydrogens (primary N) is 1. The Morgan fingerprint density at radius 3 is 2.81 bits per heavy atom. The van der Waals surface area contributed by atoms with Gasteiger partial charge in [-0.3, -0.25) is 4.21 Å². The van der Waals surface area contributed by atoms with Gasteiger partial charge in [-0.1, -0.05) is 0 Å². The molecular formula is C13H19FN2O3S2. The van der Waals surface area contributed by atoms with Crippen LogP contribution in [-0.2, 0) is 20.8 Å². The number of sulfonamides is 1. The second-order valence-corrected chi connectivity index (χ2v) is 8.80. The Balaban J connectivity index is 2.03. The van der Waals surface area contributed by atoms with Crippen molar-refractivity contribution < 1.29 is 17.0 Å². The van der Waals surface area contributed by atoms with Crippen LogP contribution in [0.15, 0.2) is 23.1 Å². The summed E-state index contributed by atoms with van der Waals surface area (Å²) in [6, 6.07) is 4.13. The fourth-order valence-corrected chi connectivity index (χ4v) is 4.71. The van der Waals surface area contributed by atoms with E-state index >= 15 is 0 Å². The molecule has 0 spiro atoms. The zero-order valence-corrected chi connectivity index (χ0v) is 13.4. The third kappa shape index (κ3) is 4.24. The number of nitrogens with zero attached hydrogens (tertiary/aromatic N) is 1. The lowest BCUT2D eigenvalue weighted by molar-refractivity contribution is 0.285. The standard InChI is InChI=1S/C13H19FN2O3S2/c1-21(18,19)16-6-2-3-10(8-16)9-20(17)11-4-5-13(15)12(14)7-11/h4-5,7,10H,2-3,6,8-9,15H2,1H3. The highest BCUT2D eigenvalue weighted by molar-refractivity contribution is 7.88. The maximum Gasteiger partial charge on any atom is 0.211 e. The Kier molecular flexibility index (Phi) is 5.00. The predicted octanol–water partition coefficient (Wildman–Crippen LogP) is 1.19. The SMILES string of the molecule is CS(=O)(=O)N1CCCC(CS(=O)c2ccc(N)c(F)c2)C1. The van der Waals surface area contributed by atoms with Crippen molar-refractivity contribution in [3.63, 3.8) is 0 Å². The number of nitrogen functional groups attached to an aromatic ring is 1. The van der Waals surface area contributed by atoms with Crippen LogP contribution in [0, 0.1) is 11.7 Å². The van der Waals surface area contributed by atoms with Gasteiger partial charge < -0.3 is 5.73 Å². The van der Waals surface area contributed by atoms with Crippen LogP contribution < -0.4 is 5.73 Å². The van der Waals surface area contributed by atoms with Crippen LogP contribution in [0.1, 0.15) is 12.8 Å². The van der Waals surface area contributed by atoms with Crippen molar-refractivity contribution in [1.82, 2.24) is 4.31 Å². The van der Waals surface area contributed by atoms with Crippen molar-refractivity contribution in [3.05, 3.63) is 24.0 Å². The third-order valence-electron chi connectivity index (χ3n) is 3.57. The second-order valence-electron chi connectivity index (χ2n) is 5.32. The fourth-order valence-electron chi connectivity index (χ4n) is 2.42. The molecule has 8 heteroatoms. The molecule has 0 amide bonds. The molecule has 1 aromatic rings. The molecule has 2 rings (SSSR count). The van der Waals surface area contributed by atoms with E-state index in [0.29, 0.717) is 23.7 Å². The number of anilines is 1. The highest BCUT2D eigenvalue weighted by Crippen LogP contribution is 2.22. The van der Waals surface area contributed by atoms with Gasteiger partial charge in [-0.25, -0.2) is 17.1 Å². The van der Waals surface area contributed by atoms with Crippen LogP contribution in [0.3, 0.4) is 0 Å². The van der Waals surface area contributed by atoms with E-state index < -0.39 is 26.6 Å². The highest BCUT2D eigenvalue weighted by atomic mass is 32.2. The van der Waals surface area contributed by atoms with Gasteiger partial charge >= 0.3 is 0 Å². The minimum Gasteiger partial charge on any atom is -0.396 e. The molecule has 21 heavy (non-hydrogen) atoms. The minimum atomic E-state index is -3.21. The Morgan fingerprint density at radius 1 is 1.48 bits per heavy atom. The van der Waals surface area contributed by atoms with E-state index in [2.05, 4.69) is 0 Å². The molecule has 0 aliphatic carbocycles. The van der Waals surface area contributed by atoms with E-state index in [9.17, 15) is 17.0 Å². The summed E-state index contributed by atoms with van der Waals surface area (Å²) in [5.74, 6) is -0.229. The zero-order chi connectivity index (χ0) is 15.6. The number of rotatable bonds is 4. The molecule has 0 radical (unpaired) electrons. The summed E-state index contributed by atoms with van der Waals surface area (Å²) in [5, 5.41) is 0. The molecular weight excluding hydrogens is 315 g/mol. The molecule has 0 saturated carbocycles. The summed E-state index contributed by atoms with van der Waals surface area (Å²) in [6.07, 6.45) is 2.77. The lowest BCUT2D eigenvalue weighted by Gasteiger charge is -2.30. The Labute approximate surface area is 126 Å². The Hall–Kier alpha value is -0.990. The van der Waals surface area contributed by atoms with Gasteiger partial charge in [-0.2, -0.15) is 0 Å². The average Bonchev–Trinajstić information content (AvgIpc) is 2.41. The van der Waals surface area contributed by atoms with E-state index in [0.717, 1.165) is 12.8 Å². The van der Waals surface area contributed by atoms with Gasteiger partial charge in [0.05, 0.1) is 22.7 Å². The van der Waals surface area contributed by atoms with Crippen molar-refractivity contribution in [2.45, 2.75) is 17.7 Å². The first kappa shape index (κ1) is 16.4. The smallest absolute Gasteiger partial charge is 0.211 e. The molecule has 1 fully saturated rings. The summed E-state index contributed by atoms with van der Waals surface area (Å²) in [7, 11) is -4.57. The Bertz CT molecular complexity index is 649. The zero-order valence-electron chi connectivity index (χ0n) is 11.8. The topological polar surface area (TPSA) is 80.5 Å². The number of piperidine rings is 1. The molecule has 0 aromatic heterocycles. The van der Waals surface area contributed by atoms with Crippen molar-refractivity contribution >= 4 is 26.5 Å². The lowest BCUT2D eigenvalue weighted by atomic mass is 10.0. The van der Waals surface area contributed by atoms with Crippen LogP contribution in [0.2, 0.25) is 0 Å². The first-order chi connectivity index (χ1) is 9.77. The molecule has 2 atom stereocenters. The minimum absolute atomic E-state index is 0.0231. The van der Waals surface area contributed by atoms with E-state index in [4.69, 9.17) is 5.73 Å². The average molecular weight is 334 g/mol. The number of hydrogen-bond donors (Lipinski definition) is 1. The second kappa shape index (κ2) is 6.41. The monoisotopic (exact) mass is 334 g/mol. The third-order valence-corrected chi connectivity index (χ3v) is 6.40. The first-order valence-corrected chi connectivity index (χ1v) is 9.82. The molecule has 118 valence electrons. The van der Waals surface area contributed by atoms with Gasteiger partial charge in [0.1, 0.15) is 5.82 Å². The summed E-state index contributed by atoms with van der Waals surface area (Å²) < 4.78 is 50.2. The molecule has 1 aromatic carbocycles. The van der Waals surface area contributed by atoms with Crippen LogP contribution in [0.5, 0.6) is 0 Å². The molecule has 1 aliphatic rings. The van der Waals surface area contributed by atoms with Gasteiger partial charge in [0, 0.05) is 23.7 Å². The molecule has 5 nitrogen and oxygen atoms in total. The van der Waals surface area contributed by atoms with E-state index in [1.165, 1.54) is 22.7 Å². The van der Waals surface area contributed by atoms with E-state index in [1.54, 1.807) is 6.07 Å². The predicted molar refractivity (Wildman–Crippen MR) is 81.2 cm³/mol. The van der Waals surface area contributed by atoms with Gasteiger partial charge in [0.15, 0.2) is 0 Å². The number of hydrogen-bond acceptors (Lipinski definition) is 4. The maximum atomic E-state index is 13.4. The van der Waals surface area contributed by atoms with Crippen molar-refractivity contribution in [2.24, 2.45) is 5.92 Å². The maximum absolute atomic E-state index is 13.4. The van der Waals surface area contributed by atoms with Crippen molar-refractivity contribution in [2.75, 3.05) is 30.8 Å². The lowest BCUT2D eigenvalue weighted by Crippen LogP contribution is -2.40. The van der Waals surface area contributed by atoms with Crippen LogP contribution in [-0.4, -0.2) is 42.0 Å². The van der Waals surface area contributed by atoms with Crippen molar-refractivity contribution in [3.8, 4) is 0 Å². The number of benzene rings is 1. The van der Waals surface area contributed by atoms with Gasteiger partial charge in [0.25, 0.3) is 0 Å². The number of halogens is 1. The van der Waals surface area contributed by atoms with Gasteiger partial charge in [0.2, 0.25) is 10.0 Å². The molecule has 1 saturated heterocycles. The molecule has 2 unspecified atom stereocenters. The van der Waals surface area contributed by atoms with Crippen LogP contribution in [0.25, 0.3) is 0 Å². The molecule has 0 bridgehead atoms. The quantitative estimate of drug-likeness (QED) is 0.839. The molecule has 2 N–H and O–H groups in total. The summed E-state index contributed by atoms with van der Waals surface area (Å²) in [4.78, 5) is 0.387. The van der Waals surface area contributed by atoms with Crippen molar-refractivity contribution in [1.29, 1.82) is 0 Å². The van der Waals surface area contributed by atoms with E-state index in [-0.39, 0.29) is 11.6 Å². The molecule has 1 heterocycles. The van der Waals surface area contributed by atoms with Crippen LogP contribution >= 0.6 is 0 Å². The molecule has 1 aliphatic heterocycles. The summed E-state index contributed by atoms with van der Waals surface area (Å²) in [5.41, 5.74) is 5.42. The van der Waals surface area contributed by atoms with Gasteiger partial charge in [-0.05, 0) is 37.0 Å². The first-order valence-electron chi connectivity index (χ1n) is 6.66. The van der Waals surface area contributed by atoms with Crippen LogP contribution in [0.4, 0.5) is 10.1 Å². The largest absolute Gasteiger partial charge is 0.396 e.